The van der Waals surface area contributed by atoms with Gasteiger partial charge in [0.2, 0.25) is 0 Å². The Morgan fingerprint density at radius 1 is 1.16 bits per heavy atom. The number of likely N-dealkylation sites (N-methyl/N-ethyl adjacent to an activating group) is 1. The summed E-state index contributed by atoms with van der Waals surface area (Å²) in [7, 11) is 2.20. The van der Waals surface area contributed by atoms with Gasteiger partial charge in [-0.25, -0.2) is 0 Å². The van der Waals surface area contributed by atoms with Gasteiger partial charge in [0, 0.05) is 56.3 Å². The molecule has 7 atom stereocenters. The van der Waals surface area contributed by atoms with Crippen LogP contribution >= 0.6 is 11.8 Å². The molecule has 1 saturated carbocycles. The normalized spacial score (nSPS) is 36.9. The first-order chi connectivity index (χ1) is 17.6. The molecular weight excluding hydrogens is 494 g/mol. The molecule has 0 N–H and O–H groups in total. The van der Waals surface area contributed by atoms with Crippen LogP contribution in [0.2, 0.25) is 0 Å². The molecular formula is C28H34NO7S+. The van der Waals surface area contributed by atoms with E-state index in [-0.39, 0.29) is 52.4 Å². The summed E-state index contributed by atoms with van der Waals surface area (Å²) < 4.78 is 18.6. The van der Waals surface area contributed by atoms with E-state index in [1.54, 1.807) is 6.07 Å². The van der Waals surface area contributed by atoms with Crippen LogP contribution in [0.15, 0.2) is 12.1 Å². The van der Waals surface area contributed by atoms with E-state index in [4.69, 9.17) is 14.2 Å². The first-order valence-electron chi connectivity index (χ1n) is 13.3. The number of thioether (sulfide) groups is 1. The second-order valence-electron chi connectivity index (χ2n) is 11.7. The third-order valence-electron chi connectivity index (χ3n) is 9.54. The number of likely N-dealkylation sites (tertiary alicyclic amines) is 1. The fourth-order valence-electron chi connectivity index (χ4n) is 8.18. The number of ether oxygens (including phenoxy) is 3. The maximum atomic E-state index is 13.3. The molecule has 198 valence electrons. The number of rotatable bonds is 6. The Morgan fingerprint density at radius 3 is 2.68 bits per heavy atom. The first kappa shape index (κ1) is 24.9. The number of hydrogen-bond donors (Lipinski definition) is 0. The van der Waals surface area contributed by atoms with Crippen molar-refractivity contribution in [3.63, 3.8) is 0 Å². The van der Waals surface area contributed by atoms with Crippen molar-refractivity contribution in [1.29, 1.82) is 0 Å². The zero-order chi connectivity index (χ0) is 26.1. The molecule has 0 radical (unpaired) electrons. The van der Waals surface area contributed by atoms with Crippen molar-refractivity contribution in [3.05, 3.63) is 23.3 Å². The van der Waals surface area contributed by atoms with E-state index in [1.165, 1.54) is 25.6 Å². The standard InChI is InChI=1S/C28H34NO7S/c1-15(30)34-22-6-4-17-13-21-20-5-7-23(35-16(2)31)26-28(20,24(17)25(22)36-26)9-10-29(21,3)14-19(32)12-18-8-11-37-27(18)33/h4,6,18,20-21,23,26H,5,7-14H2,1-3H3/q+1/t18?,20?,21-,23+,26+,28+,29?/m1/s1. The van der Waals surface area contributed by atoms with Gasteiger partial charge in [0.25, 0.3) is 0 Å². The van der Waals surface area contributed by atoms with Crippen LogP contribution in [0.1, 0.15) is 57.1 Å². The second kappa shape index (κ2) is 8.83. The average Bonchev–Trinajstić information content (AvgIpc) is 3.39. The van der Waals surface area contributed by atoms with E-state index in [0.717, 1.165) is 49.1 Å². The number of carbonyl (C=O) groups excluding carboxylic acids is 4. The van der Waals surface area contributed by atoms with Gasteiger partial charge in [-0.3, -0.25) is 19.2 Å². The summed E-state index contributed by atoms with van der Waals surface area (Å²) in [6, 6.07) is 4.06. The van der Waals surface area contributed by atoms with E-state index < -0.39 is 5.97 Å². The predicted octanol–water partition coefficient (Wildman–Crippen LogP) is 2.97. The first-order valence-corrected chi connectivity index (χ1v) is 14.3. The van der Waals surface area contributed by atoms with Crippen molar-refractivity contribution < 1.29 is 37.9 Å². The van der Waals surface area contributed by atoms with Crippen LogP contribution < -0.4 is 9.47 Å². The lowest BCUT2D eigenvalue weighted by Crippen LogP contribution is -2.73. The fourth-order valence-corrected chi connectivity index (χ4v) is 9.22. The second-order valence-corrected chi connectivity index (χ2v) is 12.8. The predicted molar refractivity (Wildman–Crippen MR) is 135 cm³/mol. The fraction of sp³-hybridized carbons (Fsp3) is 0.643. The van der Waals surface area contributed by atoms with Crippen LogP contribution in [0.5, 0.6) is 11.5 Å². The lowest BCUT2D eigenvalue weighted by molar-refractivity contribution is -0.938. The number of benzene rings is 1. The van der Waals surface area contributed by atoms with Gasteiger partial charge in [-0.2, -0.15) is 0 Å². The van der Waals surface area contributed by atoms with Gasteiger partial charge in [-0.05, 0) is 30.9 Å². The van der Waals surface area contributed by atoms with Crippen LogP contribution in [-0.4, -0.2) is 71.5 Å². The molecule has 9 heteroatoms. The highest BCUT2D eigenvalue weighted by molar-refractivity contribution is 8.14. The Bertz CT molecular complexity index is 1200. The maximum absolute atomic E-state index is 13.3. The summed E-state index contributed by atoms with van der Waals surface area (Å²) in [5.41, 5.74) is 1.93. The molecule has 2 saturated heterocycles. The van der Waals surface area contributed by atoms with Crippen molar-refractivity contribution in [1.82, 2.24) is 0 Å². The third kappa shape index (κ3) is 3.83. The molecule has 6 rings (SSSR count). The smallest absolute Gasteiger partial charge is 0.308 e. The molecule has 1 spiro atoms. The highest BCUT2D eigenvalue weighted by atomic mass is 32.2. The van der Waals surface area contributed by atoms with E-state index in [1.807, 2.05) is 6.07 Å². The van der Waals surface area contributed by atoms with Crippen LogP contribution in [0.4, 0.5) is 0 Å². The quantitative estimate of drug-likeness (QED) is 0.316. The zero-order valence-electron chi connectivity index (χ0n) is 21.6. The average molecular weight is 529 g/mol. The van der Waals surface area contributed by atoms with E-state index in [2.05, 4.69) is 7.05 Å². The van der Waals surface area contributed by atoms with Gasteiger partial charge in [-0.15, -0.1) is 0 Å². The van der Waals surface area contributed by atoms with Crippen molar-refractivity contribution in [3.8, 4) is 11.5 Å². The Labute approximate surface area is 221 Å². The van der Waals surface area contributed by atoms with Crippen molar-refractivity contribution in [2.45, 2.75) is 76.0 Å². The highest BCUT2D eigenvalue weighted by Gasteiger charge is 2.69. The topological polar surface area (TPSA) is 96.0 Å². The van der Waals surface area contributed by atoms with Crippen LogP contribution in [0, 0.1) is 11.8 Å². The van der Waals surface area contributed by atoms with Gasteiger partial charge >= 0.3 is 11.9 Å². The van der Waals surface area contributed by atoms with Crippen molar-refractivity contribution in [2.75, 3.05) is 25.9 Å². The van der Waals surface area contributed by atoms with Gasteiger partial charge in [-0.1, -0.05) is 17.8 Å². The largest absolute Gasteiger partial charge is 0.481 e. The molecule has 2 aliphatic carbocycles. The lowest BCUT2D eigenvalue weighted by Gasteiger charge is -2.61. The Balaban J connectivity index is 1.37. The molecule has 37 heavy (non-hydrogen) atoms. The number of Topliss-reactive ketones (excluding diaryl/α,β-unsaturated/α-hetero) is 1. The molecule has 5 aliphatic rings. The molecule has 1 aromatic carbocycles. The molecule has 8 nitrogen and oxygen atoms in total. The monoisotopic (exact) mass is 528 g/mol. The molecule has 3 fully saturated rings. The van der Waals surface area contributed by atoms with Crippen molar-refractivity contribution in [2.24, 2.45) is 11.8 Å². The number of carbonyl (C=O) groups is 4. The van der Waals surface area contributed by atoms with Gasteiger partial charge < -0.3 is 18.7 Å². The number of quaternary nitrogens is 1. The Kier molecular flexibility index (Phi) is 5.95. The number of esters is 2. The van der Waals surface area contributed by atoms with Gasteiger partial charge in [0.05, 0.1) is 25.0 Å². The minimum absolute atomic E-state index is 0.138. The molecule has 1 aromatic rings. The summed E-state index contributed by atoms with van der Waals surface area (Å²) in [6.07, 6.45) is 3.59. The summed E-state index contributed by atoms with van der Waals surface area (Å²) in [5, 5.41) is 0.158. The number of nitrogens with zero attached hydrogens (tertiary/aromatic N) is 1. The molecule has 3 unspecified atom stereocenters. The SMILES string of the molecule is CC(=O)Oc1ccc2c3c1O[C@H]1[C@@H](OC(C)=O)CCC4[C@@H](C2)[N+](C)(CC(=O)CC2CCSC2=O)CC[C@@]341. The van der Waals surface area contributed by atoms with E-state index in [9.17, 15) is 19.2 Å². The third-order valence-corrected chi connectivity index (χ3v) is 10.6. The number of ketones is 1. The zero-order valence-corrected chi connectivity index (χ0v) is 22.4. The summed E-state index contributed by atoms with van der Waals surface area (Å²) in [4.78, 5) is 49.3. The molecule has 0 aromatic heterocycles. The Morgan fingerprint density at radius 2 is 1.97 bits per heavy atom. The molecule has 3 aliphatic heterocycles. The van der Waals surface area contributed by atoms with Crippen LogP contribution in [0.25, 0.3) is 0 Å². The number of piperidine rings is 1. The maximum Gasteiger partial charge on any atom is 0.308 e. The minimum Gasteiger partial charge on any atom is -0.481 e. The van der Waals surface area contributed by atoms with Crippen LogP contribution in [-0.2, 0) is 35.8 Å². The van der Waals surface area contributed by atoms with E-state index >= 15 is 0 Å². The lowest BCUT2D eigenvalue weighted by atomic mass is 9.51. The summed E-state index contributed by atoms with van der Waals surface area (Å²) in [5.74, 6) is 1.41. The summed E-state index contributed by atoms with van der Waals surface area (Å²) >= 11 is 1.35. The van der Waals surface area contributed by atoms with E-state index in [0.29, 0.717) is 35.4 Å². The summed E-state index contributed by atoms with van der Waals surface area (Å²) in [6.45, 7) is 4.03. The minimum atomic E-state index is -0.403. The van der Waals surface area contributed by atoms with Crippen LogP contribution in [0.3, 0.4) is 0 Å². The van der Waals surface area contributed by atoms with Gasteiger partial charge in [0.15, 0.2) is 22.4 Å². The molecule has 2 bridgehead atoms. The van der Waals surface area contributed by atoms with Crippen molar-refractivity contribution >= 4 is 34.6 Å². The van der Waals surface area contributed by atoms with Gasteiger partial charge in [0.1, 0.15) is 18.8 Å². The Hall–Kier alpha value is -2.39. The molecule has 0 amide bonds. The number of hydrogen-bond acceptors (Lipinski definition) is 8. The highest BCUT2D eigenvalue weighted by Crippen LogP contribution is 2.65. The molecule has 3 heterocycles.